The van der Waals surface area contributed by atoms with Crippen LogP contribution in [0.15, 0.2) is 12.2 Å². The highest BCUT2D eigenvalue weighted by Crippen LogP contribution is 2.12. The van der Waals surface area contributed by atoms with Gasteiger partial charge in [-0.1, -0.05) is 96.6 Å². The van der Waals surface area contributed by atoms with Crippen LogP contribution < -0.4 is 0 Å². The Kier molecular flexibility index (Phi) is 22.9. The number of allylic oxidation sites excluding steroid dienone is 1. The van der Waals surface area contributed by atoms with Gasteiger partial charge in [-0.25, -0.2) is 0 Å². The number of hydrogen-bond donors (Lipinski definition) is 0. The zero-order chi connectivity index (χ0) is 22.1. The summed E-state index contributed by atoms with van der Waals surface area (Å²) in [5.41, 5.74) is 0. The van der Waals surface area contributed by atoms with E-state index in [9.17, 15) is 9.59 Å². The van der Waals surface area contributed by atoms with Crippen LogP contribution in [0.1, 0.15) is 129 Å². The Balaban J connectivity index is 3.25. The summed E-state index contributed by atoms with van der Waals surface area (Å²) in [7, 11) is 0. The van der Waals surface area contributed by atoms with Gasteiger partial charge in [0.1, 0.15) is 0 Å². The van der Waals surface area contributed by atoms with Gasteiger partial charge in [0, 0.05) is 6.42 Å². The van der Waals surface area contributed by atoms with Crippen molar-refractivity contribution in [2.45, 2.75) is 129 Å². The van der Waals surface area contributed by atoms with E-state index in [-0.39, 0.29) is 11.9 Å². The number of unbranched alkanes of at least 4 members (excludes halogenated alkanes) is 13. The average molecular weight is 425 g/mol. The predicted octanol–water partition coefficient (Wildman–Crippen LogP) is 7.69. The number of carbonyl (C=O) groups excluding carboxylic acids is 2. The molecule has 0 saturated carbocycles. The third-order valence-corrected chi connectivity index (χ3v) is 5.22. The second kappa shape index (κ2) is 24.0. The van der Waals surface area contributed by atoms with Crippen molar-refractivity contribution in [1.29, 1.82) is 0 Å². The number of ether oxygens (including phenoxy) is 2. The molecule has 30 heavy (non-hydrogen) atoms. The zero-order valence-electron chi connectivity index (χ0n) is 19.9. The largest absolute Gasteiger partial charge is 0.466 e. The number of carbonyl (C=O) groups is 2. The lowest BCUT2D eigenvalue weighted by Gasteiger charge is -2.04. The lowest BCUT2D eigenvalue weighted by Crippen LogP contribution is -2.05. The third kappa shape index (κ3) is 23.0. The Morgan fingerprint density at radius 1 is 0.567 bits per heavy atom. The van der Waals surface area contributed by atoms with Crippen LogP contribution in [0.3, 0.4) is 0 Å². The summed E-state index contributed by atoms with van der Waals surface area (Å²) in [6, 6.07) is 0. The van der Waals surface area contributed by atoms with Gasteiger partial charge in [0.2, 0.25) is 0 Å². The zero-order valence-corrected chi connectivity index (χ0v) is 19.9. The average Bonchev–Trinajstić information content (AvgIpc) is 2.74. The normalized spacial score (nSPS) is 11.1. The molecule has 0 N–H and O–H groups in total. The molecule has 0 spiro atoms. The fourth-order valence-electron chi connectivity index (χ4n) is 3.27. The van der Waals surface area contributed by atoms with Gasteiger partial charge in [-0.05, 0) is 32.1 Å². The molecule has 0 bridgehead atoms. The van der Waals surface area contributed by atoms with Gasteiger partial charge in [0.05, 0.1) is 19.6 Å². The highest BCUT2D eigenvalue weighted by atomic mass is 16.5. The van der Waals surface area contributed by atoms with E-state index in [2.05, 4.69) is 19.9 Å². The molecule has 0 fully saturated rings. The van der Waals surface area contributed by atoms with Crippen LogP contribution in [0.4, 0.5) is 0 Å². The molecule has 0 aromatic carbocycles. The van der Waals surface area contributed by atoms with E-state index in [4.69, 9.17) is 9.47 Å². The molecule has 0 radical (unpaired) electrons. The molecule has 0 rings (SSSR count). The molecule has 0 aromatic rings. The quantitative estimate of drug-likeness (QED) is 0.101. The Morgan fingerprint density at radius 3 is 1.63 bits per heavy atom. The molecule has 0 unspecified atom stereocenters. The maximum absolute atomic E-state index is 11.6. The van der Waals surface area contributed by atoms with Crippen LogP contribution in [-0.4, -0.2) is 25.2 Å². The summed E-state index contributed by atoms with van der Waals surface area (Å²) in [6.45, 7) is 5.45. The van der Waals surface area contributed by atoms with E-state index in [0.29, 0.717) is 26.1 Å². The summed E-state index contributed by atoms with van der Waals surface area (Å²) >= 11 is 0. The molecule has 0 heterocycles. The maximum Gasteiger partial charge on any atom is 0.309 e. The topological polar surface area (TPSA) is 52.6 Å². The van der Waals surface area contributed by atoms with Crippen molar-refractivity contribution in [3.05, 3.63) is 12.2 Å². The maximum atomic E-state index is 11.6. The van der Waals surface area contributed by atoms with Crippen LogP contribution in [-0.2, 0) is 19.1 Å². The van der Waals surface area contributed by atoms with Crippen LogP contribution in [0, 0.1) is 0 Å². The molecular formula is C26H48O4. The Bertz CT molecular complexity index is 417. The lowest BCUT2D eigenvalue weighted by atomic mass is 10.1. The Morgan fingerprint density at radius 2 is 1.07 bits per heavy atom. The summed E-state index contributed by atoms with van der Waals surface area (Å²) in [5, 5.41) is 0. The Hall–Kier alpha value is -1.32. The lowest BCUT2D eigenvalue weighted by molar-refractivity contribution is -0.144. The molecule has 0 atom stereocenters. The molecule has 4 heteroatoms. The van der Waals surface area contributed by atoms with Crippen LogP contribution >= 0.6 is 0 Å². The first-order chi connectivity index (χ1) is 14.7. The molecule has 0 saturated heterocycles. The van der Waals surface area contributed by atoms with Gasteiger partial charge >= 0.3 is 11.9 Å². The minimum atomic E-state index is -0.105. The van der Waals surface area contributed by atoms with Crippen LogP contribution in [0.5, 0.6) is 0 Å². The second-order valence-electron chi connectivity index (χ2n) is 8.25. The van der Waals surface area contributed by atoms with Crippen molar-refractivity contribution in [1.82, 2.24) is 0 Å². The fourth-order valence-corrected chi connectivity index (χ4v) is 3.27. The first kappa shape index (κ1) is 28.7. The molecule has 0 aliphatic heterocycles. The van der Waals surface area contributed by atoms with Crippen LogP contribution in [0.25, 0.3) is 0 Å². The molecule has 0 aliphatic carbocycles. The van der Waals surface area contributed by atoms with E-state index in [1.54, 1.807) is 0 Å². The highest BCUT2D eigenvalue weighted by Gasteiger charge is 2.02. The van der Waals surface area contributed by atoms with E-state index in [1.807, 2.05) is 6.08 Å². The predicted molar refractivity (Wildman–Crippen MR) is 126 cm³/mol. The van der Waals surface area contributed by atoms with E-state index < -0.39 is 0 Å². The third-order valence-electron chi connectivity index (χ3n) is 5.22. The summed E-state index contributed by atoms with van der Waals surface area (Å²) < 4.78 is 10.4. The van der Waals surface area contributed by atoms with Crippen molar-refractivity contribution in [2.75, 3.05) is 13.2 Å². The standard InChI is InChI=1S/C26H48O4/c1-3-5-19-23-29-25(27)21-17-15-13-11-9-7-8-10-12-14-16-18-22-26(28)30-24-20-6-4-2/h15,17H,3-14,16,18-24H2,1-2H3/b17-15+. The van der Waals surface area contributed by atoms with Crippen molar-refractivity contribution >= 4 is 11.9 Å². The minimum absolute atomic E-state index is 0.0241. The highest BCUT2D eigenvalue weighted by molar-refractivity contribution is 5.71. The smallest absolute Gasteiger partial charge is 0.309 e. The van der Waals surface area contributed by atoms with Gasteiger partial charge in [0.15, 0.2) is 0 Å². The molecule has 0 aliphatic rings. The number of rotatable bonds is 22. The number of esters is 2. The van der Waals surface area contributed by atoms with Gasteiger partial charge in [0.25, 0.3) is 0 Å². The molecule has 0 amide bonds. The monoisotopic (exact) mass is 424 g/mol. The molecular weight excluding hydrogens is 376 g/mol. The summed E-state index contributed by atoms with van der Waals surface area (Å²) in [5.74, 6) is -0.129. The van der Waals surface area contributed by atoms with E-state index >= 15 is 0 Å². The SMILES string of the molecule is CCCCCOC(=O)C/C=C/CCCCCCCCCCCC(=O)OCCCCC. The van der Waals surface area contributed by atoms with Crippen molar-refractivity contribution in [2.24, 2.45) is 0 Å². The van der Waals surface area contributed by atoms with E-state index in [0.717, 1.165) is 57.8 Å². The first-order valence-corrected chi connectivity index (χ1v) is 12.7. The second-order valence-corrected chi connectivity index (χ2v) is 8.25. The minimum Gasteiger partial charge on any atom is -0.466 e. The first-order valence-electron chi connectivity index (χ1n) is 12.7. The van der Waals surface area contributed by atoms with Gasteiger partial charge < -0.3 is 9.47 Å². The Labute approximate surface area is 186 Å². The van der Waals surface area contributed by atoms with Crippen molar-refractivity contribution in [3.8, 4) is 0 Å². The van der Waals surface area contributed by atoms with Crippen LogP contribution in [0.2, 0.25) is 0 Å². The number of hydrogen-bond acceptors (Lipinski definition) is 4. The van der Waals surface area contributed by atoms with Gasteiger partial charge in [-0.3, -0.25) is 9.59 Å². The fraction of sp³-hybridized carbons (Fsp3) is 0.846. The van der Waals surface area contributed by atoms with E-state index in [1.165, 1.54) is 44.9 Å². The molecule has 176 valence electrons. The molecule has 4 nitrogen and oxygen atoms in total. The summed E-state index contributed by atoms with van der Waals surface area (Å²) in [6.07, 6.45) is 23.6. The molecule has 0 aromatic heterocycles. The van der Waals surface area contributed by atoms with Gasteiger partial charge in [-0.2, -0.15) is 0 Å². The van der Waals surface area contributed by atoms with Crippen molar-refractivity contribution in [3.63, 3.8) is 0 Å². The summed E-state index contributed by atoms with van der Waals surface area (Å²) in [4.78, 5) is 23.1. The van der Waals surface area contributed by atoms with Gasteiger partial charge in [-0.15, -0.1) is 0 Å². The van der Waals surface area contributed by atoms with Crippen molar-refractivity contribution < 1.29 is 19.1 Å².